The van der Waals surface area contributed by atoms with Crippen molar-refractivity contribution >= 4 is 11.5 Å². The molecule has 0 aliphatic heterocycles. The highest BCUT2D eigenvalue weighted by Gasteiger charge is 2.02. The van der Waals surface area contributed by atoms with Gasteiger partial charge in [-0.2, -0.15) is 4.98 Å². The molecule has 0 aliphatic rings. The molecule has 82 valence electrons. The average Bonchev–Trinajstić information content (AvgIpc) is 2.24. The number of aromatic nitrogens is 1. The number of anilines is 2. The van der Waals surface area contributed by atoms with E-state index in [9.17, 15) is 4.39 Å². The molecule has 0 bridgehead atoms. The lowest BCUT2D eigenvalue weighted by Crippen LogP contribution is -1.98. The van der Waals surface area contributed by atoms with Crippen molar-refractivity contribution in [3.63, 3.8) is 0 Å². The second kappa shape index (κ2) is 4.06. The molecule has 0 saturated heterocycles. The molecule has 1 aromatic heterocycles. The minimum absolute atomic E-state index is 0.189. The molecule has 1 heterocycles. The molecule has 0 fully saturated rings. The summed E-state index contributed by atoms with van der Waals surface area (Å²) in [5, 5.41) is 0. The van der Waals surface area contributed by atoms with E-state index >= 15 is 0 Å². The largest absolute Gasteiger partial charge is 0.439 e. The highest BCUT2D eigenvalue weighted by atomic mass is 19.1. The zero-order valence-electron chi connectivity index (χ0n) is 8.35. The first-order valence-electron chi connectivity index (χ1n) is 4.60. The van der Waals surface area contributed by atoms with E-state index in [2.05, 4.69) is 4.98 Å². The average molecular weight is 219 g/mol. The van der Waals surface area contributed by atoms with Crippen LogP contribution in [0.5, 0.6) is 11.6 Å². The highest BCUT2D eigenvalue weighted by molar-refractivity contribution is 5.58. The highest BCUT2D eigenvalue weighted by Crippen LogP contribution is 2.23. The van der Waals surface area contributed by atoms with Crippen molar-refractivity contribution in [2.45, 2.75) is 0 Å². The van der Waals surface area contributed by atoms with Crippen LogP contribution in [-0.4, -0.2) is 4.98 Å². The second-order valence-electron chi connectivity index (χ2n) is 3.18. The predicted octanol–water partition coefficient (Wildman–Crippen LogP) is 2.18. The fourth-order valence-electron chi connectivity index (χ4n) is 1.18. The van der Waals surface area contributed by atoms with E-state index in [1.54, 1.807) is 24.3 Å². The number of benzene rings is 1. The number of nitrogens with zero attached hydrogens (tertiary/aromatic N) is 1. The van der Waals surface area contributed by atoms with Gasteiger partial charge in [0.2, 0.25) is 5.88 Å². The molecule has 0 aliphatic carbocycles. The van der Waals surface area contributed by atoms with E-state index in [4.69, 9.17) is 16.2 Å². The summed E-state index contributed by atoms with van der Waals surface area (Å²) in [7, 11) is 0. The Morgan fingerprint density at radius 1 is 1.12 bits per heavy atom. The molecule has 0 atom stereocenters. The Hall–Kier alpha value is -2.30. The molecule has 0 amide bonds. The molecule has 0 unspecified atom stereocenters. The van der Waals surface area contributed by atoms with Gasteiger partial charge < -0.3 is 16.2 Å². The molecule has 5 heteroatoms. The van der Waals surface area contributed by atoms with Gasteiger partial charge >= 0.3 is 0 Å². The van der Waals surface area contributed by atoms with Crippen LogP contribution < -0.4 is 16.2 Å². The SMILES string of the molecule is Nc1ccc(Oc2cccc(F)c2)nc1N. The minimum Gasteiger partial charge on any atom is -0.439 e. The summed E-state index contributed by atoms with van der Waals surface area (Å²) >= 11 is 0. The number of ether oxygens (including phenoxy) is 1. The summed E-state index contributed by atoms with van der Waals surface area (Å²) in [6.07, 6.45) is 0. The maximum atomic E-state index is 12.9. The number of pyridine rings is 1. The van der Waals surface area contributed by atoms with Crippen molar-refractivity contribution in [2.75, 3.05) is 11.5 Å². The third-order valence-electron chi connectivity index (χ3n) is 1.95. The first kappa shape index (κ1) is 10.2. The van der Waals surface area contributed by atoms with Crippen molar-refractivity contribution in [1.29, 1.82) is 0 Å². The van der Waals surface area contributed by atoms with Crippen LogP contribution in [0.4, 0.5) is 15.9 Å². The number of hydrogen-bond donors (Lipinski definition) is 2. The summed E-state index contributed by atoms with van der Waals surface area (Å²) < 4.78 is 18.2. The van der Waals surface area contributed by atoms with Gasteiger partial charge in [-0.25, -0.2) is 4.39 Å². The minimum atomic E-state index is -0.374. The van der Waals surface area contributed by atoms with Crippen LogP contribution in [0.15, 0.2) is 36.4 Å². The smallest absolute Gasteiger partial charge is 0.221 e. The number of nitrogen functional groups attached to an aromatic ring is 2. The van der Waals surface area contributed by atoms with E-state index < -0.39 is 0 Å². The van der Waals surface area contributed by atoms with Crippen LogP contribution in [0.25, 0.3) is 0 Å². The van der Waals surface area contributed by atoms with E-state index in [-0.39, 0.29) is 17.5 Å². The molecule has 0 saturated carbocycles. The van der Waals surface area contributed by atoms with Gasteiger partial charge in [0.1, 0.15) is 11.6 Å². The monoisotopic (exact) mass is 219 g/mol. The molecule has 4 N–H and O–H groups in total. The summed E-state index contributed by atoms with van der Waals surface area (Å²) in [5.41, 5.74) is 11.4. The first-order valence-corrected chi connectivity index (χ1v) is 4.60. The Kier molecular flexibility index (Phi) is 2.59. The Labute approximate surface area is 91.7 Å². The standard InChI is InChI=1S/C11H10FN3O/c12-7-2-1-3-8(6-7)16-10-5-4-9(13)11(14)15-10/h1-6H,13H2,(H2,14,15). The number of hydrogen-bond acceptors (Lipinski definition) is 4. The lowest BCUT2D eigenvalue weighted by Gasteiger charge is -2.06. The third-order valence-corrected chi connectivity index (χ3v) is 1.95. The molecular formula is C11H10FN3O. The fourth-order valence-corrected chi connectivity index (χ4v) is 1.18. The summed E-state index contributed by atoms with van der Waals surface area (Å²) in [5.74, 6) is 0.448. The molecule has 2 rings (SSSR count). The molecular weight excluding hydrogens is 209 g/mol. The van der Waals surface area contributed by atoms with Crippen LogP contribution >= 0.6 is 0 Å². The van der Waals surface area contributed by atoms with Gasteiger partial charge in [-0.1, -0.05) is 6.07 Å². The van der Waals surface area contributed by atoms with Gasteiger partial charge in [-0.05, 0) is 18.2 Å². The van der Waals surface area contributed by atoms with Gasteiger partial charge in [0, 0.05) is 12.1 Å². The molecule has 0 spiro atoms. The normalized spacial score (nSPS) is 10.1. The van der Waals surface area contributed by atoms with Crippen LogP contribution in [0, 0.1) is 5.82 Å². The van der Waals surface area contributed by atoms with Crippen LogP contribution in [0.1, 0.15) is 0 Å². The number of halogens is 1. The van der Waals surface area contributed by atoms with E-state index in [0.717, 1.165) is 0 Å². The zero-order chi connectivity index (χ0) is 11.5. The van der Waals surface area contributed by atoms with Crippen LogP contribution in [0.2, 0.25) is 0 Å². The van der Waals surface area contributed by atoms with Gasteiger partial charge in [-0.15, -0.1) is 0 Å². The predicted molar refractivity (Wildman–Crippen MR) is 59.5 cm³/mol. The Morgan fingerprint density at radius 2 is 1.94 bits per heavy atom. The summed E-state index contributed by atoms with van der Waals surface area (Å²) in [4.78, 5) is 3.91. The van der Waals surface area contributed by atoms with Crippen molar-refractivity contribution < 1.29 is 9.13 Å². The maximum absolute atomic E-state index is 12.9. The molecule has 0 radical (unpaired) electrons. The maximum Gasteiger partial charge on any atom is 0.221 e. The summed E-state index contributed by atoms with van der Waals surface area (Å²) in [6.45, 7) is 0. The van der Waals surface area contributed by atoms with E-state index in [1.165, 1.54) is 12.1 Å². The van der Waals surface area contributed by atoms with Crippen molar-refractivity contribution in [2.24, 2.45) is 0 Å². The first-order chi connectivity index (χ1) is 7.65. The van der Waals surface area contributed by atoms with Gasteiger partial charge in [0.15, 0.2) is 5.82 Å². The zero-order valence-corrected chi connectivity index (χ0v) is 8.35. The molecule has 1 aromatic carbocycles. The fraction of sp³-hybridized carbons (Fsp3) is 0. The van der Waals surface area contributed by atoms with Gasteiger partial charge in [0.05, 0.1) is 5.69 Å². The van der Waals surface area contributed by atoms with E-state index in [0.29, 0.717) is 11.4 Å². The van der Waals surface area contributed by atoms with Crippen molar-refractivity contribution in [3.8, 4) is 11.6 Å². The van der Waals surface area contributed by atoms with Gasteiger partial charge in [0.25, 0.3) is 0 Å². The lowest BCUT2D eigenvalue weighted by molar-refractivity contribution is 0.459. The molecule has 2 aromatic rings. The number of nitrogens with two attached hydrogens (primary N) is 2. The molecule has 16 heavy (non-hydrogen) atoms. The Bertz CT molecular complexity index is 516. The van der Waals surface area contributed by atoms with Crippen molar-refractivity contribution in [1.82, 2.24) is 4.98 Å². The number of rotatable bonds is 2. The Balaban J connectivity index is 2.24. The van der Waals surface area contributed by atoms with Crippen molar-refractivity contribution in [3.05, 3.63) is 42.2 Å². The van der Waals surface area contributed by atoms with Gasteiger partial charge in [-0.3, -0.25) is 0 Å². The van der Waals surface area contributed by atoms with E-state index in [1.807, 2.05) is 0 Å². The van der Waals surface area contributed by atoms with Crippen LogP contribution in [-0.2, 0) is 0 Å². The molecule has 4 nitrogen and oxygen atoms in total. The quantitative estimate of drug-likeness (QED) is 0.811. The van der Waals surface area contributed by atoms with Crippen LogP contribution in [0.3, 0.4) is 0 Å². The second-order valence-corrected chi connectivity index (χ2v) is 3.18. The Morgan fingerprint density at radius 3 is 2.62 bits per heavy atom. The summed E-state index contributed by atoms with van der Waals surface area (Å²) in [6, 6.07) is 8.90. The topological polar surface area (TPSA) is 74.2 Å². The lowest BCUT2D eigenvalue weighted by atomic mass is 10.3. The third kappa shape index (κ3) is 2.20.